The number of hydrogen-bond acceptors (Lipinski definition) is 2. The Bertz CT molecular complexity index is 281. The number of nitrogens with zero attached hydrogens (tertiary/aromatic N) is 1. The summed E-state index contributed by atoms with van der Waals surface area (Å²) in [7, 11) is 0. The van der Waals surface area contributed by atoms with E-state index in [4.69, 9.17) is 0 Å². The molecule has 0 unspecified atom stereocenters. The summed E-state index contributed by atoms with van der Waals surface area (Å²) < 4.78 is 0. The van der Waals surface area contributed by atoms with Gasteiger partial charge in [-0.3, -0.25) is 5.10 Å². The molecule has 0 aliphatic heterocycles. The molecule has 0 radical (unpaired) electrons. The second-order valence-corrected chi connectivity index (χ2v) is 5.06. The Hall–Kier alpha value is -0.830. The van der Waals surface area contributed by atoms with Crippen molar-refractivity contribution in [2.75, 3.05) is 0 Å². The van der Waals surface area contributed by atoms with E-state index in [9.17, 15) is 0 Å². The van der Waals surface area contributed by atoms with Gasteiger partial charge in [-0.05, 0) is 6.07 Å². The summed E-state index contributed by atoms with van der Waals surface area (Å²) >= 11 is 0. The molecule has 0 saturated heterocycles. The van der Waals surface area contributed by atoms with Gasteiger partial charge in [0, 0.05) is 23.7 Å². The summed E-state index contributed by atoms with van der Waals surface area (Å²) in [5.74, 6) is 0. The molecule has 0 aliphatic carbocycles. The average Bonchev–Trinajstić information content (AvgIpc) is 2.47. The van der Waals surface area contributed by atoms with Crippen molar-refractivity contribution in [3.05, 3.63) is 17.5 Å². The third-order valence-corrected chi connectivity index (χ3v) is 2.10. The van der Waals surface area contributed by atoms with Crippen molar-refractivity contribution in [1.82, 2.24) is 15.5 Å². The molecule has 0 atom stereocenters. The Morgan fingerprint density at radius 1 is 1.43 bits per heavy atom. The molecule has 1 aromatic heterocycles. The zero-order valence-corrected chi connectivity index (χ0v) is 9.81. The molecular formula is C11H21N3. The van der Waals surface area contributed by atoms with Gasteiger partial charge in [-0.25, -0.2) is 0 Å². The van der Waals surface area contributed by atoms with Crippen LogP contribution in [0.4, 0.5) is 0 Å². The summed E-state index contributed by atoms with van der Waals surface area (Å²) in [5, 5.41) is 10.7. The maximum atomic E-state index is 4.30. The Balaban J connectivity index is 2.60. The second-order valence-electron chi connectivity index (χ2n) is 5.06. The van der Waals surface area contributed by atoms with Gasteiger partial charge in [-0.15, -0.1) is 0 Å². The minimum Gasteiger partial charge on any atom is -0.309 e. The maximum Gasteiger partial charge on any atom is 0.0678 e. The molecule has 2 N–H and O–H groups in total. The van der Waals surface area contributed by atoms with Crippen LogP contribution in [0.3, 0.4) is 0 Å². The van der Waals surface area contributed by atoms with Gasteiger partial charge in [0.2, 0.25) is 0 Å². The van der Waals surface area contributed by atoms with Gasteiger partial charge in [-0.2, -0.15) is 5.10 Å². The maximum absolute atomic E-state index is 4.30. The average molecular weight is 195 g/mol. The van der Waals surface area contributed by atoms with Gasteiger partial charge in [0.15, 0.2) is 0 Å². The number of H-pyrrole nitrogens is 1. The highest BCUT2D eigenvalue weighted by atomic mass is 15.1. The van der Waals surface area contributed by atoms with E-state index >= 15 is 0 Å². The van der Waals surface area contributed by atoms with Gasteiger partial charge in [0.25, 0.3) is 0 Å². The Morgan fingerprint density at radius 3 is 2.50 bits per heavy atom. The Labute approximate surface area is 86.3 Å². The zero-order chi connectivity index (χ0) is 10.8. The van der Waals surface area contributed by atoms with E-state index in [1.165, 1.54) is 0 Å². The summed E-state index contributed by atoms with van der Waals surface area (Å²) in [4.78, 5) is 0. The summed E-state index contributed by atoms with van der Waals surface area (Å²) in [6.45, 7) is 11.7. The number of hydrogen-bond donors (Lipinski definition) is 2. The summed E-state index contributed by atoms with van der Waals surface area (Å²) in [6, 6.07) is 2.64. The SMILES string of the molecule is CC(C)NCc1cc(C(C)(C)C)n[nH]1. The van der Waals surface area contributed by atoms with Crippen molar-refractivity contribution in [3.8, 4) is 0 Å². The summed E-state index contributed by atoms with van der Waals surface area (Å²) in [6.07, 6.45) is 0. The van der Waals surface area contributed by atoms with Crippen LogP contribution in [-0.2, 0) is 12.0 Å². The molecule has 0 spiro atoms. The fraction of sp³-hybridized carbons (Fsp3) is 0.727. The van der Waals surface area contributed by atoms with Gasteiger partial charge in [-0.1, -0.05) is 34.6 Å². The molecule has 0 saturated carbocycles. The first-order valence-electron chi connectivity index (χ1n) is 5.18. The Kier molecular flexibility index (Phi) is 3.32. The van der Waals surface area contributed by atoms with Crippen LogP contribution >= 0.6 is 0 Å². The lowest BCUT2D eigenvalue weighted by Gasteiger charge is -2.13. The highest BCUT2D eigenvalue weighted by Crippen LogP contribution is 2.20. The number of aromatic amines is 1. The quantitative estimate of drug-likeness (QED) is 0.776. The van der Waals surface area contributed by atoms with E-state index in [0.29, 0.717) is 6.04 Å². The van der Waals surface area contributed by atoms with E-state index in [-0.39, 0.29) is 5.41 Å². The van der Waals surface area contributed by atoms with Crippen molar-refractivity contribution in [1.29, 1.82) is 0 Å². The molecule has 14 heavy (non-hydrogen) atoms. The molecule has 3 heteroatoms. The second kappa shape index (κ2) is 4.13. The minimum absolute atomic E-state index is 0.132. The highest BCUT2D eigenvalue weighted by molar-refractivity contribution is 5.16. The molecule has 1 aromatic rings. The standard InChI is InChI=1S/C11H21N3/c1-8(2)12-7-9-6-10(14-13-9)11(3,4)5/h6,8,12H,7H2,1-5H3,(H,13,14). The third-order valence-electron chi connectivity index (χ3n) is 2.10. The van der Waals surface area contributed by atoms with Crippen molar-refractivity contribution >= 4 is 0 Å². The smallest absolute Gasteiger partial charge is 0.0678 e. The molecule has 3 nitrogen and oxygen atoms in total. The number of rotatable bonds is 3. The molecule has 1 rings (SSSR count). The minimum atomic E-state index is 0.132. The highest BCUT2D eigenvalue weighted by Gasteiger charge is 2.16. The van der Waals surface area contributed by atoms with E-state index < -0.39 is 0 Å². The lowest BCUT2D eigenvalue weighted by atomic mass is 9.92. The molecule has 0 fully saturated rings. The normalized spacial score (nSPS) is 12.4. The molecule has 0 aliphatic rings. The molecule has 80 valence electrons. The van der Waals surface area contributed by atoms with Crippen LogP contribution in [0, 0.1) is 0 Å². The van der Waals surface area contributed by atoms with Crippen molar-refractivity contribution in [2.45, 2.75) is 52.6 Å². The molecule has 0 amide bonds. The topological polar surface area (TPSA) is 40.7 Å². The predicted molar refractivity (Wildman–Crippen MR) is 59.3 cm³/mol. The van der Waals surface area contributed by atoms with E-state index in [1.54, 1.807) is 0 Å². The van der Waals surface area contributed by atoms with Crippen LogP contribution in [0.5, 0.6) is 0 Å². The van der Waals surface area contributed by atoms with Crippen LogP contribution in [0.1, 0.15) is 46.0 Å². The number of aromatic nitrogens is 2. The van der Waals surface area contributed by atoms with E-state index in [1.807, 2.05) is 0 Å². The van der Waals surface area contributed by atoms with Crippen LogP contribution in [-0.4, -0.2) is 16.2 Å². The van der Waals surface area contributed by atoms with E-state index in [0.717, 1.165) is 17.9 Å². The van der Waals surface area contributed by atoms with E-state index in [2.05, 4.69) is 56.2 Å². The fourth-order valence-corrected chi connectivity index (χ4v) is 1.15. The first kappa shape index (κ1) is 11.2. The first-order valence-corrected chi connectivity index (χ1v) is 5.18. The first-order chi connectivity index (χ1) is 6.39. The molecule has 0 bridgehead atoms. The Morgan fingerprint density at radius 2 is 2.07 bits per heavy atom. The van der Waals surface area contributed by atoms with Crippen LogP contribution in [0.25, 0.3) is 0 Å². The molecule has 1 heterocycles. The zero-order valence-electron chi connectivity index (χ0n) is 9.81. The molecule has 0 aromatic carbocycles. The third kappa shape index (κ3) is 3.14. The largest absolute Gasteiger partial charge is 0.309 e. The van der Waals surface area contributed by atoms with Gasteiger partial charge in [0.1, 0.15) is 0 Å². The predicted octanol–water partition coefficient (Wildman–Crippen LogP) is 2.21. The van der Waals surface area contributed by atoms with Crippen LogP contribution < -0.4 is 5.32 Å². The van der Waals surface area contributed by atoms with Crippen LogP contribution in [0.15, 0.2) is 6.07 Å². The summed E-state index contributed by atoms with van der Waals surface area (Å²) in [5.41, 5.74) is 2.41. The van der Waals surface area contributed by atoms with Gasteiger partial charge >= 0.3 is 0 Å². The fourth-order valence-electron chi connectivity index (χ4n) is 1.15. The lowest BCUT2D eigenvalue weighted by Crippen LogP contribution is -2.21. The monoisotopic (exact) mass is 195 g/mol. The number of nitrogens with one attached hydrogen (secondary N) is 2. The van der Waals surface area contributed by atoms with Crippen molar-refractivity contribution in [3.63, 3.8) is 0 Å². The van der Waals surface area contributed by atoms with Gasteiger partial charge in [0.05, 0.1) is 5.69 Å². The van der Waals surface area contributed by atoms with Crippen LogP contribution in [0.2, 0.25) is 0 Å². The van der Waals surface area contributed by atoms with Crippen molar-refractivity contribution < 1.29 is 0 Å². The van der Waals surface area contributed by atoms with Crippen molar-refractivity contribution in [2.24, 2.45) is 0 Å². The lowest BCUT2D eigenvalue weighted by molar-refractivity contribution is 0.566. The molecular weight excluding hydrogens is 174 g/mol. The van der Waals surface area contributed by atoms with Gasteiger partial charge < -0.3 is 5.32 Å².